The van der Waals surface area contributed by atoms with Crippen LogP contribution in [0.25, 0.3) is 0 Å². The van der Waals surface area contributed by atoms with Gasteiger partial charge in [-0.15, -0.1) is 0 Å². The smallest absolute Gasteiger partial charge is 0.416 e. The molecule has 1 aromatic carbocycles. The SMILES string of the molecule is CC1CN(CC2CCN(C(=O)COc3ccc(C(F)(F)F)cc3)CC2)CC(C)O1. The van der Waals surface area contributed by atoms with Crippen LogP contribution >= 0.6 is 0 Å². The normalized spacial score (nSPS) is 24.5. The van der Waals surface area contributed by atoms with Gasteiger partial charge >= 0.3 is 6.18 Å². The lowest BCUT2D eigenvalue weighted by molar-refractivity contribution is -0.138. The first-order valence-corrected chi connectivity index (χ1v) is 10.2. The Morgan fingerprint density at radius 3 is 2.24 bits per heavy atom. The summed E-state index contributed by atoms with van der Waals surface area (Å²) in [6, 6.07) is 4.40. The van der Waals surface area contributed by atoms with Crippen LogP contribution in [-0.4, -0.2) is 67.2 Å². The number of carbonyl (C=O) groups excluding carboxylic acids is 1. The Hall–Kier alpha value is -1.80. The van der Waals surface area contributed by atoms with Crippen molar-refractivity contribution < 1.29 is 27.4 Å². The van der Waals surface area contributed by atoms with Crippen molar-refractivity contribution in [3.05, 3.63) is 29.8 Å². The number of likely N-dealkylation sites (tertiary alicyclic amines) is 1. The van der Waals surface area contributed by atoms with E-state index in [4.69, 9.17) is 9.47 Å². The van der Waals surface area contributed by atoms with E-state index in [0.29, 0.717) is 19.0 Å². The van der Waals surface area contributed by atoms with Crippen LogP contribution in [0.15, 0.2) is 24.3 Å². The number of halogens is 3. The number of hydrogen-bond donors (Lipinski definition) is 0. The number of carbonyl (C=O) groups is 1. The van der Waals surface area contributed by atoms with Gasteiger partial charge in [-0.1, -0.05) is 0 Å². The van der Waals surface area contributed by atoms with Gasteiger partial charge in [0.2, 0.25) is 0 Å². The van der Waals surface area contributed by atoms with Crippen LogP contribution in [0, 0.1) is 5.92 Å². The molecule has 0 aliphatic carbocycles. The van der Waals surface area contributed by atoms with Gasteiger partial charge in [0.15, 0.2) is 6.61 Å². The van der Waals surface area contributed by atoms with E-state index in [2.05, 4.69) is 18.7 Å². The van der Waals surface area contributed by atoms with E-state index in [1.54, 1.807) is 4.90 Å². The van der Waals surface area contributed by atoms with Crippen molar-refractivity contribution in [3.8, 4) is 5.75 Å². The third-order valence-electron chi connectivity index (χ3n) is 5.52. The molecule has 162 valence electrons. The van der Waals surface area contributed by atoms with Gasteiger partial charge in [-0.2, -0.15) is 13.2 Å². The van der Waals surface area contributed by atoms with Crippen molar-refractivity contribution in [2.75, 3.05) is 39.3 Å². The molecule has 5 nitrogen and oxygen atoms in total. The van der Waals surface area contributed by atoms with E-state index in [0.717, 1.165) is 44.6 Å². The van der Waals surface area contributed by atoms with Crippen molar-refractivity contribution in [1.82, 2.24) is 9.80 Å². The molecule has 1 aromatic rings. The number of amides is 1. The van der Waals surface area contributed by atoms with E-state index in [1.165, 1.54) is 12.1 Å². The highest BCUT2D eigenvalue weighted by Gasteiger charge is 2.30. The van der Waals surface area contributed by atoms with Gasteiger partial charge in [0.25, 0.3) is 5.91 Å². The zero-order valence-corrected chi connectivity index (χ0v) is 17.0. The Morgan fingerprint density at radius 1 is 1.10 bits per heavy atom. The lowest BCUT2D eigenvalue weighted by atomic mass is 9.95. The highest BCUT2D eigenvalue weighted by atomic mass is 19.4. The quantitative estimate of drug-likeness (QED) is 0.740. The number of nitrogens with zero attached hydrogens (tertiary/aromatic N) is 2. The molecule has 3 rings (SSSR count). The summed E-state index contributed by atoms with van der Waals surface area (Å²) in [5.74, 6) is 0.695. The van der Waals surface area contributed by atoms with Crippen molar-refractivity contribution in [2.24, 2.45) is 5.92 Å². The Morgan fingerprint density at radius 2 is 1.69 bits per heavy atom. The molecule has 29 heavy (non-hydrogen) atoms. The Kier molecular flexibility index (Phi) is 7.05. The average molecular weight is 414 g/mol. The summed E-state index contributed by atoms with van der Waals surface area (Å²) in [7, 11) is 0. The number of alkyl halides is 3. The van der Waals surface area contributed by atoms with E-state index >= 15 is 0 Å². The van der Waals surface area contributed by atoms with Crippen molar-refractivity contribution >= 4 is 5.91 Å². The van der Waals surface area contributed by atoms with Gasteiger partial charge in [-0.3, -0.25) is 9.69 Å². The maximum Gasteiger partial charge on any atom is 0.416 e. The first kappa shape index (κ1) is 21.9. The van der Waals surface area contributed by atoms with E-state index in [9.17, 15) is 18.0 Å². The molecule has 2 aliphatic rings. The molecule has 0 bridgehead atoms. The highest BCUT2D eigenvalue weighted by Crippen LogP contribution is 2.30. The van der Waals surface area contributed by atoms with Gasteiger partial charge in [0.1, 0.15) is 5.75 Å². The van der Waals surface area contributed by atoms with Crippen molar-refractivity contribution in [2.45, 2.75) is 45.1 Å². The van der Waals surface area contributed by atoms with Gasteiger partial charge in [-0.25, -0.2) is 0 Å². The lowest BCUT2D eigenvalue weighted by Crippen LogP contribution is -2.49. The predicted molar refractivity (Wildman–Crippen MR) is 103 cm³/mol. The number of piperidine rings is 1. The third-order valence-corrected chi connectivity index (χ3v) is 5.52. The van der Waals surface area contributed by atoms with Crippen LogP contribution in [0.2, 0.25) is 0 Å². The molecule has 0 saturated carbocycles. The fourth-order valence-electron chi connectivity index (χ4n) is 4.14. The number of benzene rings is 1. The molecular formula is C21H29F3N2O3. The molecule has 0 N–H and O–H groups in total. The fourth-order valence-corrected chi connectivity index (χ4v) is 4.14. The number of hydrogen-bond acceptors (Lipinski definition) is 4. The Labute approximate surface area is 169 Å². The molecule has 2 aliphatic heterocycles. The van der Waals surface area contributed by atoms with Crippen LogP contribution < -0.4 is 4.74 Å². The summed E-state index contributed by atoms with van der Waals surface area (Å²) in [5, 5.41) is 0. The van der Waals surface area contributed by atoms with E-state index in [1.807, 2.05) is 0 Å². The monoisotopic (exact) mass is 414 g/mol. The fraction of sp³-hybridized carbons (Fsp3) is 0.667. The molecule has 2 atom stereocenters. The summed E-state index contributed by atoms with van der Waals surface area (Å²) in [5.41, 5.74) is -0.734. The molecule has 2 unspecified atom stereocenters. The standard InChI is InChI=1S/C21H29F3N2O3/c1-15-11-25(12-16(2)29-15)13-17-7-9-26(10-8-17)20(27)14-28-19-5-3-18(4-6-19)21(22,23)24/h3-6,15-17H,7-14H2,1-2H3. The molecule has 2 fully saturated rings. The lowest BCUT2D eigenvalue weighted by Gasteiger charge is -2.39. The van der Waals surface area contributed by atoms with Crippen LogP contribution in [-0.2, 0) is 15.7 Å². The van der Waals surface area contributed by atoms with Crippen molar-refractivity contribution in [1.29, 1.82) is 0 Å². The van der Waals surface area contributed by atoms with Crippen molar-refractivity contribution in [3.63, 3.8) is 0 Å². The zero-order chi connectivity index (χ0) is 21.0. The molecule has 0 aromatic heterocycles. The highest BCUT2D eigenvalue weighted by molar-refractivity contribution is 5.77. The van der Waals surface area contributed by atoms with Gasteiger partial charge in [-0.05, 0) is 56.9 Å². The summed E-state index contributed by atoms with van der Waals surface area (Å²) in [6.45, 7) is 8.34. The summed E-state index contributed by atoms with van der Waals surface area (Å²) in [6.07, 6.45) is -1.97. The van der Waals surface area contributed by atoms with Crippen LogP contribution in [0.1, 0.15) is 32.3 Å². The summed E-state index contributed by atoms with van der Waals surface area (Å²) >= 11 is 0. The molecule has 0 radical (unpaired) electrons. The maximum absolute atomic E-state index is 12.6. The van der Waals surface area contributed by atoms with E-state index < -0.39 is 11.7 Å². The van der Waals surface area contributed by atoms with E-state index in [-0.39, 0.29) is 30.5 Å². The number of rotatable bonds is 5. The summed E-state index contributed by atoms with van der Waals surface area (Å²) < 4.78 is 48.9. The van der Waals surface area contributed by atoms with Crippen LogP contribution in [0.3, 0.4) is 0 Å². The first-order chi connectivity index (χ1) is 13.7. The predicted octanol–water partition coefficient (Wildman–Crippen LogP) is 3.43. The molecule has 2 saturated heterocycles. The Bertz CT molecular complexity index is 663. The van der Waals surface area contributed by atoms with Gasteiger partial charge < -0.3 is 14.4 Å². The third kappa shape index (κ3) is 6.34. The molecule has 1 amide bonds. The van der Waals surface area contributed by atoms with Crippen LogP contribution in [0.4, 0.5) is 13.2 Å². The van der Waals surface area contributed by atoms with Crippen LogP contribution in [0.5, 0.6) is 5.75 Å². The maximum atomic E-state index is 12.6. The topological polar surface area (TPSA) is 42.0 Å². The minimum absolute atomic E-state index is 0.128. The second-order valence-corrected chi connectivity index (χ2v) is 8.11. The molecule has 0 spiro atoms. The Balaban J connectivity index is 1.40. The molecule has 2 heterocycles. The minimum Gasteiger partial charge on any atom is -0.484 e. The minimum atomic E-state index is -4.38. The zero-order valence-electron chi connectivity index (χ0n) is 17.0. The molecular weight excluding hydrogens is 385 g/mol. The first-order valence-electron chi connectivity index (χ1n) is 10.2. The second kappa shape index (κ2) is 9.34. The van der Waals surface area contributed by atoms with Gasteiger partial charge in [0.05, 0.1) is 17.8 Å². The number of morpholine rings is 1. The largest absolute Gasteiger partial charge is 0.484 e. The number of ether oxygens (including phenoxy) is 2. The van der Waals surface area contributed by atoms with Gasteiger partial charge in [0, 0.05) is 32.7 Å². The summed E-state index contributed by atoms with van der Waals surface area (Å²) in [4.78, 5) is 16.6. The second-order valence-electron chi connectivity index (χ2n) is 8.11. The average Bonchev–Trinajstić information content (AvgIpc) is 2.65. The molecule has 8 heteroatoms.